The van der Waals surface area contributed by atoms with Gasteiger partial charge in [0.15, 0.2) is 5.76 Å². The van der Waals surface area contributed by atoms with Gasteiger partial charge in [-0.1, -0.05) is 6.92 Å². The summed E-state index contributed by atoms with van der Waals surface area (Å²) in [4.78, 5) is 11.5. The molecule has 0 aliphatic heterocycles. The second-order valence-corrected chi connectivity index (χ2v) is 3.73. The molecular formula is C12H17O2+. The average Bonchev–Trinajstić information content (AvgIpc) is 2.35. The van der Waals surface area contributed by atoms with Crippen molar-refractivity contribution in [3.8, 4) is 0 Å². The van der Waals surface area contributed by atoms with Gasteiger partial charge in [-0.15, -0.1) is 0 Å². The molecule has 1 unspecified atom stereocenters. The number of allylic oxidation sites excluding steroid dienone is 3. The Balaban J connectivity index is 2.76. The molecule has 14 heavy (non-hydrogen) atoms. The highest BCUT2D eigenvalue weighted by Crippen LogP contribution is 2.32. The molecule has 0 bridgehead atoms. The number of Topliss-reactive ketones (excluding diaryl/α,β-unsaturated/α-hetero) is 1. The number of hydrogen-bond acceptors (Lipinski definition) is 2. The molecule has 0 amide bonds. The van der Waals surface area contributed by atoms with Gasteiger partial charge in [-0.25, -0.2) is 0 Å². The predicted octanol–water partition coefficient (Wildman–Crippen LogP) is 2.97. The molecule has 0 saturated heterocycles. The van der Waals surface area contributed by atoms with E-state index in [0.717, 1.165) is 18.4 Å². The molecule has 76 valence electrons. The summed E-state index contributed by atoms with van der Waals surface area (Å²) in [5, 5.41) is 9.44. The van der Waals surface area contributed by atoms with Crippen molar-refractivity contribution < 1.29 is 9.90 Å². The average molecular weight is 193 g/mol. The van der Waals surface area contributed by atoms with Gasteiger partial charge in [0.1, 0.15) is 11.6 Å². The van der Waals surface area contributed by atoms with E-state index in [-0.39, 0.29) is 17.5 Å². The zero-order valence-corrected chi connectivity index (χ0v) is 9.00. The number of carbonyl (C=O) groups is 1. The Hall–Kier alpha value is -1.18. The first kappa shape index (κ1) is 10.9. The standard InChI is InChI=1S/C12H16O2/c1-4-5-6-7-10-8(2)9(3)11(13)12(10)14/h6-8H,4-5H2,1-3H3/p+1. The second-order valence-electron chi connectivity index (χ2n) is 3.73. The normalized spacial score (nSPS) is 24.9. The van der Waals surface area contributed by atoms with Crippen molar-refractivity contribution >= 4 is 5.78 Å². The maximum atomic E-state index is 11.5. The van der Waals surface area contributed by atoms with E-state index in [1.807, 2.05) is 19.4 Å². The first-order chi connectivity index (χ1) is 6.59. The summed E-state index contributed by atoms with van der Waals surface area (Å²) in [6, 6.07) is 0. The summed E-state index contributed by atoms with van der Waals surface area (Å²) in [6.45, 7) is 5.84. The Labute approximate surface area is 85.3 Å². The number of aliphatic hydroxyl groups is 1. The summed E-state index contributed by atoms with van der Waals surface area (Å²) < 4.78 is 0. The van der Waals surface area contributed by atoms with Crippen LogP contribution in [0.1, 0.15) is 33.6 Å². The van der Waals surface area contributed by atoms with E-state index in [1.165, 1.54) is 0 Å². The quantitative estimate of drug-likeness (QED) is 0.425. The maximum Gasteiger partial charge on any atom is 0.303 e. The minimum absolute atomic E-state index is 0.0614. The van der Waals surface area contributed by atoms with E-state index < -0.39 is 0 Å². The molecule has 1 aliphatic rings. The maximum absolute atomic E-state index is 11.5. The number of ketones is 1. The molecule has 1 rings (SSSR count). The zero-order chi connectivity index (χ0) is 10.7. The Bertz CT molecular complexity index is 297. The van der Waals surface area contributed by atoms with Crippen molar-refractivity contribution in [1.82, 2.24) is 0 Å². The lowest BCUT2D eigenvalue weighted by atomic mass is 9.98. The lowest BCUT2D eigenvalue weighted by molar-refractivity contribution is -0.114. The molecule has 2 nitrogen and oxygen atoms in total. The van der Waals surface area contributed by atoms with Crippen molar-refractivity contribution in [2.75, 3.05) is 0 Å². The molecule has 0 radical (unpaired) electrons. The van der Waals surface area contributed by atoms with Gasteiger partial charge in [0, 0.05) is 18.4 Å². The highest BCUT2D eigenvalue weighted by molar-refractivity contribution is 6.10. The highest BCUT2D eigenvalue weighted by Gasteiger charge is 2.37. The van der Waals surface area contributed by atoms with E-state index in [4.69, 9.17) is 0 Å². The van der Waals surface area contributed by atoms with Crippen LogP contribution in [0.25, 0.3) is 0 Å². The molecule has 2 heteroatoms. The fraction of sp³-hybridized carbons (Fsp3) is 0.500. The van der Waals surface area contributed by atoms with Crippen LogP contribution in [0.15, 0.2) is 23.0 Å². The summed E-state index contributed by atoms with van der Waals surface area (Å²) in [7, 11) is 0. The molecule has 0 aromatic heterocycles. The van der Waals surface area contributed by atoms with Gasteiger partial charge >= 0.3 is 5.78 Å². The Morgan fingerprint density at radius 2 is 2.21 bits per heavy atom. The molecule has 1 N–H and O–H groups in total. The monoisotopic (exact) mass is 193 g/mol. The highest BCUT2D eigenvalue weighted by atomic mass is 16.3. The third kappa shape index (κ3) is 1.84. The molecule has 0 aromatic rings. The van der Waals surface area contributed by atoms with Crippen LogP contribution in [0.2, 0.25) is 0 Å². The Morgan fingerprint density at radius 3 is 2.64 bits per heavy atom. The molecule has 1 aliphatic carbocycles. The fourth-order valence-corrected chi connectivity index (χ4v) is 1.55. The third-order valence-corrected chi connectivity index (χ3v) is 2.72. The number of hydrogen-bond donors (Lipinski definition) is 1. The molecule has 0 saturated carbocycles. The van der Waals surface area contributed by atoms with Gasteiger partial charge < -0.3 is 5.11 Å². The van der Waals surface area contributed by atoms with E-state index >= 15 is 0 Å². The number of aliphatic hydroxyl groups excluding tert-OH is 1. The molecule has 1 atom stereocenters. The minimum Gasteiger partial charge on any atom is -0.503 e. The summed E-state index contributed by atoms with van der Waals surface area (Å²) in [5.41, 5.74) is 1.50. The van der Waals surface area contributed by atoms with Gasteiger partial charge in [0.25, 0.3) is 0 Å². The van der Waals surface area contributed by atoms with E-state index in [9.17, 15) is 9.90 Å². The van der Waals surface area contributed by atoms with Crippen LogP contribution in [0.3, 0.4) is 0 Å². The van der Waals surface area contributed by atoms with Crippen LogP contribution in [-0.4, -0.2) is 10.9 Å². The van der Waals surface area contributed by atoms with Gasteiger partial charge in [-0.2, -0.15) is 0 Å². The summed E-state index contributed by atoms with van der Waals surface area (Å²) in [5.74, 6) is -0.202. The Kier molecular flexibility index (Phi) is 3.39. The van der Waals surface area contributed by atoms with Crippen LogP contribution in [0, 0.1) is 12.3 Å². The van der Waals surface area contributed by atoms with Crippen molar-refractivity contribution in [3.05, 3.63) is 29.4 Å². The summed E-state index contributed by atoms with van der Waals surface area (Å²) >= 11 is 0. The van der Waals surface area contributed by atoms with Crippen LogP contribution in [0.5, 0.6) is 0 Å². The third-order valence-electron chi connectivity index (χ3n) is 2.72. The van der Waals surface area contributed by atoms with Crippen molar-refractivity contribution in [2.24, 2.45) is 5.92 Å². The lowest BCUT2D eigenvalue weighted by Gasteiger charge is -1.97. The fourth-order valence-electron chi connectivity index (χ4n) is 1.55. The van der Waals surface area contributed by atoms with E-state index in [0.29, 0.717) is 5.57 Å². The van der Waals surface area contributed by atoms with E-state index in [1.54, 1.807) is 6.92 Å². The number of rotatable bonds is 3. The van der Waals surface area contributed by atoms with Crippen LogP contribution in [-0.2, 0) is 4.79 Å². The molecule has 0 spiro atoms. The topological polar surface area (TPSA) is 37.3 Å². The lowest BCUT2D eigenvalue weighted by Crippen LogP contribution is -2.02. The smallest absolute Gasteiger partial charge is 0.303 e. The predicted molar refractivity (Wildman–Crippen MR) is 56.8 cm³/mol. The minimum atomic E-state index is -0.206. The largest absolute Gasteiger partial charge is 0.503 e. The van der Waals surface area contributed by atoms with Gasteiger partial charge in [0.05, 0.1) is 5.92 Å². The van der Waals surface area contributed by atoms with Gasteiger partial charge in [-0.05, 0) is 20.3 Å². The summed E-state index contributed by atoms with van der Waals surface area (Å²) in [6.07, 6.45) is 5.90. The van der Waals surface area contributed by atoms with Crippen molar-refractivity contribution in [2.45, 2.75) is 33.6 Å². The molecular weight excluding hydrogens is 176 g/mol. The van der Waals surface area contributed by atoms with Crippen LogP contribution < -0.4 is 0 Å². The first-order valence-electron chi connectivity index (χ1n) is 5.07. The number of carbonyl (C=O) groups excluding carboxylic acids is 1. The SMILES string of the molecule is CCC[CH+]C=C1C(=O)C(O)=C(C)C1C. The zero-order valence-electron chi connectivity index (χ0n) is 9.00. The van der Waals surface area contributed by atoms with Gasteiger partial charge in [0.2, 0.25) is 0 Å². The number of unbranched alkanes of at least 4 members (excludes halogenated alkanes) is 2. The Morgan fingerprint density at radius 1 is 1.57 bits per heavy atom. The molecule has 0 aromatic carbocycles. The van der Waals surface area contributed by atoms with Crippen molar-refractivity contribution in [3.63, 3.8) is 0 Å². The van der Waals surface area contributed by atoms with Gasteiger partial charge in [-0.3, -0.25) is 4.79 Å². The second kappa shape index (κ2) is 4.36. The van der Waals surface area contributed by atoms with Crippen molar-refractivity contribution in [1.29, 1.82) is 0 Å². The van der Waals surface area contributed by atoms with Crippen LogP contribution in [0.4, 0.5) is 0 Å². The van der Waals surface area contributed by atoms with Crippen LogP contribution >= 0.6 is 0 Å². The first-order valence-corrected chi connectivity index (χ1v) is 5.07. The van der Waals surface area contributed by atoms with E-state index in [2.05, 4.69) is 6.92 Å². The molecule has 0 fully saturated rings. The molecule has 0 heterocycles.